The summed E-state index contributed by atoms with van der Waals surface area (Å²) in [6.07, 6.45) is 17.6. The zero-order valence-electron chi connectivity index (χ0n) is 19.6. The van der Waals surface area contributed by atoms with E-state index in [4.69, 9.17) is 0 Å². The molecule has 4 nitrogen and oxygen atoms in total. The van der Waals surface area contributed by atoms with Crippen LogP contribution in [0.2, 0.25) is 0 Å². The molecule has 9 saturated carbocycles. The monoisotopic (exact) mass is 438 g/mol. The molecule has 0 aliphatic heterocycles. The first-order valence-electron chi connectivity index (χ1n) is 14.2. The molecular weight excluding hydrogens is 396 g/mol. The van der Waals surface area contributed by atoms with E-state index in [-0.39, 0.29) is 23.9 Å². The normalized spacial score (nSPS) is 52.8. The summed E-state index contributed by atoms with van der Waals surface area (Å²) in [5.74, 6) is 7.57. The fourth-order valence-electron chi connectivity index (χ4n) is 10.8. The van der Waals surface area contributed by atoms with E-state index in [1.165, 1.54) is 64.2 Å². The minimum atomic E-state index is 0.261. The maximum atomic E-state index is 13.3. The van der Waals surface area contributed by atoms with Crippen LogP contribution in [-0.4, -0.2) is 23.9 Å². The Hall–Kier alpha value is -1.06. The van der Waals surface area contributed by atoms with Crippen LogP contribution in [-0.2, 0) is 9.59 Å². The van der Waals surface area contributed by atoms with Crippen molar-refractivity contribution < 1.29 is 9.59 Å². The van der Waals surface area contributed by atoms with Crippen LogP contribution in [0.15, 0.2) is 0 Å². The first kappa shape index (κ1) is 20.3. The van der Waals surface area contributed by atoms with Gasteiger partial charge in [-0.1, -0.05) is 0 Å². The van der Waals surface area contributed by atoms with Crippen molar-refractivity contribution in [3.8, 4) is 0 Å². The summed E-state index contributed by atoms with van der Waals surface area (Å²) in [4.78, 5) is 26.7. The van der Waals surface area contributed by atoms with Crippen LogP contribution in [0.1, 0.15) is 89.9 Å². The van der Waals surface area contributed by atoms with E-state index in [0.29, 0.717) is 35.5 Å². The van der Waals surface area contributed by atoms with E-state index in [1.807, 2.05) is 0 Å². The Kier molecular flexibility index (Phi) is 4.91. The lowest BCUT2D eigenvalue weighted by atomic mass is 9.51. The first-order valence-corrected chi connectivity index (χ1v) is 14.2. The van der Waals surface area contributed by atoms with Gasteiger partial charge in [-0.05, 0) is 137 Å². The van der Waals surface area contributed by atoms with Crippen LogP contribution in [0.5, 0.6) is 0 Å². The molecule has 0 radical (unpaired) electrons. The SMILES string of the molecule is O=C(NC1CCCC(NC(=O)C2C3CC4CC(C3)CC2C4)C1)C1C2CC3CC(C2)CC1C3. The standard InChI is InChI=1S/C28H42N2O2/c31-27(25-19-6-15-4-16(8-19)9-20(25)7-15)29-23-2-1-3-24(14-23)30-28(32)26-21-10-17-5-18(12-21)13-22(26)11-17/h15-26H,1-14H2,(H,29,31)(H,30,32). The maximum Gasteiger partial charge on any atom is 0.223 e. The molecule has 176 valence electrons. The summed E-state index contributed by atoms with van der Waals surface area (Å²) < 4.78 is 0. The second-order valence-corrected chi connectivity index (χ2v) is 13.5. The highest BCUT2D eigenvalue weighted by atomic mass is 16.2. The molecule has 0 heterocycles. The number of amides is 2. The molecule has 2 amide bonds. The Labute approximate surface area is 193 Å². The number of rotatable bonds is 4. The Morgan fingerprint density at radius 3 is 1.16 bits per heavy atom. The number of hydrogen-bond donors (Lipinski definition) is 2. The van der Waals surface area contributed by atoms with Gasteiger partial charge in [0.05, 0.1) is 0 Å². The molecule has 9 rings (SSSR count). The molecule has 9 fully saturated rings. The van der Waals surface area contributed by atoms with Crippen LogP contribution in [0.4, 0.5) is 0 Å². The Bertz CT molecular complexity index is 659. The molecule has 2 N–H and O–H groups in total. The fraction of sp³-hybridized carbons (Fsp3) is 0.929. The molecule has 0 aromatic heterocycles. The largest absolute Gasteiger partial charge is 0.353 e. The molecule has 8 bridgehead atoms. The predicted octanol–water partition coefficient (Wildman–Crippen LogP) is 4.67. The topological polar surface area (TPSA) is 58.2 Å². The summed E-state index contributed by atoms with van der Waals surface area (Å²) in [6.45, 7) is 0. The van der Waals surface area contributed by atoms with Gasteiger partial charge in [-0.2, -0.15) is 0 Å². The van der Waals surface area contributed by atoms with Crippen LogP contribution >= 0.6 is 0 Å². The van der Waals surface area contributed by atoms with Gasteiger partial charge in [-0.15, -0.1) is 0 Å². The van der Waals surface area contributed by atoms with Crippen LogP contribution < -0.4 is 10.6 Å². The summed E-state index contributed by atoms with van der Waals surface area (Å²) in [5, 5.41) is 6.98. The number of carbonyl (C=O) groups is 2. The highest BCUT2D eigenvalue weighted by Crippen LogP contribution is 2.57. The van der Waals surface area contributed by atoms with E-state index in [0.717, 1.165) is 49.4 Å². The summed E-state index contributed by atoms with van der Waals surface area (Å²) >= 11 is 0. The minimum absolute atomic E-state index is 0.261. The fourth-order valence-corrected chi connectivity index (χ4v) is 10.8. The molecular formula is C28H42N2O2. The van der Waals surface area contributed by atoms with Gasteiger partial charge in [-0.3, -0.25) is 9.59 Å². The molecule has 32 heavy (non-hydrogen) atoms. The third-order valence-corrected chi connectivity index (χ3v) is 11.4. The van der Waals surface area contributed by atoms with Crippen molar-refractivity contribution in [3.05, 3.63) is 0 Å². The molecule has 0 saturated heterocycles. The zero-order chi connectivity index (χ0) is 21.4. The van der Waals surface area contributed by atoms with E-state index in [2.05, 4.69) is 10.6 Å². The Morgan fingerprint density at radius 2 is 0.812 bits per heavy atom. The van der Waals surface area contributed by atoms with Gasteiger partial charge in [0.2, 0.25) is 11.8 Å². The minimum Gasteiger partial charge on any atom is -0.353 e. The predicted molar refractivity (Wildman–Crippen MR) is 123 cm³/mol. The highest BCUT2D eigenvalue weighted by molar-refractivity contribution is 5.81. The van der Waals surface area contributed by atoms with Gasteiger partial charge in [0.25, 0.3) is 0 Å². The van der Waals surface area contributed by atoms with Gasteiger partial charge in [0.1, 0.15) is 0 Å². The van der Waals surface area contributed by atoms with Crippen molar-refractivity contribution >= 4 is 11.8 Å². The molecule has 2 unspecified atom stereocenters. The quantitative estimate of drug-likeness (QED) is 0.670. The van der Waals surface area contributed by atoms with Gasteiger partial charge in [0, 0.05) is 23.9 Å². The van der Waals surface area contributed by atoms with Crippen molar-refractivity contribution in [2.24, 2.45) is 59.2 Å². The van der Waals surface area contributed by atoms with Crippen molar-refractivity contribution in [2.45, 2.75) is 102 Å². The van der Waals surface area contributed by atoms with E-state index in [1.54, 1.807) is 0 Å². The average Bonchev–Trinajstić information content (AvgIpc) is 2.72. The van der Waals surface area contributed by atoms with Crippen molar-refractivity contribution in [1.29, 1.82) is 0 Å². The van der Waals surface area contributed by atoms with Crippen LogP contribution in [0.3, 0.4) is 0 Å². The maximum absolute atomic E-state index is 13.3. The lowest BCUT2D eigenvalue weighted by Crippen LogP contribution is -2.55. The van der Waals surface area contributed by atoms with Gasteiger partial charge < -0.3 is 10.6 Å². The second-order valence-electron chi connectivity index (χ2n) is 13.5. The molecule has 0 spiro atoms. The van der Waals surface area contributed by atoms with Gasteiger partial charge >= 0.3 is 0 Å². The molecule has 0 aromatic carbocycles. The van der Waals surface area contributed by atoms with Gasteiger partial charge in [0.15, 0.2) is 0 Å². The molecule has 9 aliphatic rings. The summed E-state index contributed by atoms with van der Waals surface area (Å²) in [6, 6.07) is 0.523. The smallest absolute Gasteiger partial charge is 0.223 e. The molecule has 0 aromatic rings. The highest BCUT2D eigenvalue weighted by Gasteiger charge is 2.52. The zero-order valence-corrected chi connectivity index (χ0v) is 19.6. The van der Waals surface area contributed by atoms with Crippen molar-refractivity contribution in [3.63, 3.8) is 0 Å². The van der Waals surface area contributed by atoms with Crippen LogP contribution in [0, 0.1) is 59.2 Å². The number of carbonyl (C=O) groups excluding carboxylic acids is 2. The van der Waals surface area contributed by atoms with E-state index in [9.17, 15) is 9.59 Å². The first-order chi connectivity index (χ1) is 15.6. The number of nitrogens with one attached hydrogen (secondary N) is 2. The van der Waals surface area contributed by atoms with Crippen LogP contribution in [0.25, 0.3) is 0 Å². The number of hydrogen-bond acceptors (Lipinski definition) is 2. The van der Waals surface area contributed by atoms with Crippen molar-refractivity contribution in [1.82, 2.24) is 10.6 Å². The lowest BCUT2D eigenvalue weighted by Gasteiger charge is -2.54. The Morgan fingerprint density at radius 1 is 0.469 bits per heavy atom. The molecule has 9 aliphatic carbocycles. The van der Waals surface area contributed by atoms with Crippen molar-refractivity contribution in [2.75, 3.05) is 0 Å². The lowest BCUT2D eigenvalue weighted by molar-refractivity contribution is -0.139. The van der Waals surface area contributed by atoms with E-state index >= 15 is 0 Å². The third kappa shape index (κ3) is 3.45. The molecule has 2 atom stereocenters. The Balaban J connectivity index is 0.955. The second kappa shape index (κ2) is 7.73. The molecule has 4 heteroatoms. The average molecular weight is 439 g/mol. The van der Waals surface area contributed by atoms with Gasteiger partial charge in [-0.25, -0.2) is 0 Å². The summed E-state index contributed by atoms with van der Waals surface area (Å²) in [5.41, 5.74) is 0. The summed E-state index contributed by atoms with van der Waals surface area (Å²) in [7, 11) is 0. The third-order valence-electron chi connectivity index (χ3n) is 11.4. The van der Waals surface area contributed by atoms with E-state index < -0.39 is 0 Å².